The molecule has 5 nitrogen and oxygen atoms in total. The number of hydrogen-bond acceptors (Lipinski definition) is 4. The highest BCUT2D eigenvalue weighted by atomic mass is 32.1. The van der Waals surface area contributed by atoms with Gasteiger partial charge in [0.1, 0.15) is 0 Å². The fourth-order valence-corrected chi connectivity index (χ4v) is 4.35. The number of thiophene rings is 1. The number of carbonyl (C=O) groups is 2. The molecular weight excluding hydrogens is 312 g/mol. The quantitative estimate of drug-likeness (QED) is 0.828. The van der Waals surface area contributed by atoms with E-state index in [2.05, 4.69) is 0 Å². The maximum absolute atomic E-state index is 12.5. The van der Waals surface area contributed by atoms with E-state index in [0.717, 1.165) is 39.0 Å². The number of carbonyl (C=O) groups excluding carboxylic acids is 2. The molecule has 0 radical (unpaired) electrons. The van der Waals surface area contributed by atoms with Crippen LogP contribution in [-0.4, -0.2) is 61.0 Å². The number of hydrogen-bond donors (Lipinski definition) is 0. The van der Waals surface area contributed by atoms with Crippen LogP contribution in [0.2, 0.25) is 0 Å². The SMILES string of the molecule is CCOC1CC2(CCN(C(=O)CN(C)C(=O)c3ccsc3)C2)C1. The molecule has 1 aromatic heterocycles. The summed E-state index contributed by atoms with van der Waals surface area (Å²) in [6.45, 7) is 4.56. The van der Waals surface area contributed by atoms with Crippen LogP contribution in [0.5, 0.6) is 0 Å². The summed E-state index contributed by atoms with van der Waals surface area (Å²) < 4.78 is 5.64. The van der Waals surface area contributed by atoms with Crippen LogP contribution >= 0.6 is 11.3 Å². The first-order valence-corrected chi connectivity index (χ1v) is 9.14. The normalized spacial score (nSPS) is 26.3. The van der Waals surface area contributed by atoms with Crippen molar-refractivity contribution in [3.8, 4) is 0 Å². The molecule has 2 aliphatic rings. The molecule has 1 saturated carbocycles. The molecule has 6 heteroatoms. The van der Waals surface area contributed by atoms with Gasteiger partial charge in [0.05, 0.1) is 18.2 Å². The van der Waals surface area contributed by atoms with E-state index in [0.29, 0.717) is 11.7 Å². The molecule has 0 aromatic carbocycles. The van der Waals surface area contributed by atoms with Crippen molar-refractivity contribution < 1.29 is 14.3 Å². The van der Waals surface area contributed by atoms with Crippen molar-refractivity contribution in [2.75, 3.05) is 33.3 Å². The average molecular weight is 336 g/mol. The molecule has 2 fully saturated rings. The minimum atomic E-state index is -0.0893. The zero-order valence-corrected chi connectivity index (χ0v) is 14.6. The third-order valence-corrected chi connectivity index (χ3v) is 5.69. The predicted molar refractivity (Wildman–Crippen MR) is 89.6 cm³/mol. The van der Waals surface area contributed by atoms with Gasteiger partial charge in [0.25, 0.3) is 5.91 Å². The Kier molecular flexibility index (Phi) is 4.73. The third-order valence-electron chi connectivity index (χ3n) is 5.00. The summed E-state index contributed by atoms with van der Waals surface area (Å²) in [5, 5.41) is 3.69. The molecule has 0 atom stereocenters. The van der Waals surface area contributed by atoms with E-state index >= 15 is 0 Å². The van der Waals surface area contributed by atoms with Gasteiger partial charge in [-0.1, -0.05) is 0 Å². The summed E-state index contributed by atoms with van der Waals surface area (Å²) in [6, 6.07) is 1.79. The number of likely N-dealkylation sites (tertiary alicyclic amines) is 1. The first-order valence-electron chi connectivity index (χ1n) is 8.20. The summed E-state index contributed by atoms with van der Waals surface area (Å²) >= 11 is 1.49. The molecule has 0 N–H and O–H groups in total. The molecule has 2 heterocycles. The first-order chi connectivity index (χ1) is 11.0. The van der Waals surface area contributed by atoms with Gasteiger partial charge in [0, 0.05) is 32.1 Å². The smallest absolute Gasteiger partial charge is 0.254 e. The van der Waals surface area contributed by atoms with Crippen LogP contribution in [0.25, 0.3) is 0 Å². The van der Waals surface area contributed by atoms with Crippen molar-refractivity contribution in [1.82, 2.24) is 9.80 Å². The Morgan fingerprint density at radius 1 is 1.48 bits per heavy atom. The molecule has 0 bridgehead atoms. The topological polar surface area (TPSA) is 49.9 Å². The van der Waals surface area contributed by atoms with Crippen molar-refractivity contribution in [1.29, 1.82) is 0 Å². The van der Waals surface area contributed by atoms with Crippen molar-refractivity contribution in [2.24, 2.45) is 5.41 Å². The first kappa shape index (κ1) is 16.5. The van der Waals surface area contributed by atoms with Gasteiger partial charge in [0.2, 0.25) is 5.91 Å². The van der Waals surface area contributed by atoms with Gasteiger partial charge >= 0.3 is 0 Å². The molecule has 1 aromatic rings. The van der Waals surface area contributed by atoms with Gasteiger partial charge in [0.15, 0.2) is 0 Å². The summed E-state index contributed by atoms with van der Waals surface area (Å²) in [7, 11) is 1.69. The lowest BCUT2D eigenvalue weighted by Crippen LogP contribution is -2.46. The highest BCUT2D eigenvalue weighted by molar-refractivity contribution is 7.08. The van der Waals surface area contributed by atoms with Gasteiger partial charge in [-0.2, -0.15) is 11.3 Å². The fourth-order valence-electron chi connectivity index (χ4n) is 3.72. The Morgan fingerprint density at radius 3 is 2.91 bits per heavy atom. The molecule has 2 amide bonds. The molecule has 1 spiro atoms. The molecule has 3 rings (SSSR count). The average Bonchev–Trinajstić information content (AvgIpc) is 3.15. The largest absolute Gasteiger partial charge is 0.378 e. The monoisotopic (exact) mass is 336 g/mol. The summed E-state index contributed by atoms with van der Waals surface area (Å²) in [5.41, 5.74) is 0.924. The molecular formula is C17H24N2O3S. The Balaban J connectivity index is 1.49. The van der Waals surface area contributed by atoms with Crippen LogP contribution in [0, 0.1) is 5.41 Å². The van der Waals surface area contributed by atoms with Crippen LogP contribution in [-0.2, 0) is 9.53 Å². The number of nitrogens with zero attached hydrogens (tertiary/aromatic N) is 2. The fraction of sp³-hybridized carbons (Fsp3) is 0.647. The van der Waals surface area contributed by atoms with E-state index in [1.807, 2.05) is 22.6 Å². The second-order valence-corrected chi connectivity index (χ2v) is 7.50. The maximum atomic E-state index is 12.5. The van der Waals surface area contributed by atoms with E-state index in [9.17, 15) is 9.59 Å². The van der Waals surface area contributed by atoms with Crippen molar-refractivity contribution >= 4 is 23.2 Å². The number of rotatable bonds is 5. The molecule has 1 saturated heterocycles. The standard InChI is InChI=1S/C17H24N2O3S/c1-3-22-14-8-17(9-14)5-6-19(12-17)15(20)10-18(2)16(21)13-4-7-23-11-13/h4,7,11,14H,3,5-6,8-10,12H2,1-2H3. The maximum Gasteiger partial charge on any atom is 0.254 e. The number of likely N-dealkylation sites (N-methyl/N-ethyl adjacent to an activating group) is 1. The Morgan fingerprint density at radius 2 is 2.26 bits per heavy atom. The minimum absolute atomic E-state index is 0.0489. The summed E-state index contributed by atoms with van der Waals surface area (Å²) in [4.78, 5) is 28.1. The highest BCUT2D eigenvalue weighted by Gasteiger charge is 2.49. The summed E-state index contributed by atoms with van der Waals surface area (Å²) in [6.07, 6.45) is 3.56. The Hall–Kier alpha value is -1.40. The van der Waals surface area contributed by atoms with Gasteiger partial charge in [-0.15, -0.1) is 0 Å². The van der Waals surface area contributed by atoms with E-state index in [1.54, 1.807) is 13.1 Å². The van der Waals surface area contributed by atoms with Crippen molar-refractivity contribution in [3.63, 3.8) is 0 Å². The molecule has 0 unspecified atom stereocenters. The van der Waals surface area contributed by atoms with Crippen LogP contribution < -0.4 is 0 Å². The zero-order valence-electron chi connectivity index (χ0n) is 13.8. The van der Waals surface area contributed by atoms with E-state index < -0.39 is 0 Å². The van der Waals surface area contributed by atoms with Crippen LogP contribution in [0.1, 0.15) is 36.5 Å². The van der Waals surface area contributed by atoms with Crippen molar-refractivity contribution in [3.05, 3.63) is 22.4 Å². The number of ether oxygens (including phenoxy) is 1. The lowest BCUT2D eigenvalue weighted by atomic mass is 9.66. The number of amides is 2. The van der Waals surface area contributed by atoms with Crippen molar-refractivity contribution in [2.45, 2.75) is 32.3 Å². The van der Waals surface area contributed by atoms with Gasteiger partial charge in [-0.05, 0) is 43.0 Å². The lowest BCUT2D eigenvalue weighted by Gasteiger charge is -2.44. The highest BCUT2D eigenvalue weighted by Crippen LogP contribution is 2.49. The summed E-state index contributed by atoms with van der Waals surface area (Å²) in [5.74, 6) is -0.0404. The lowest BCUT2D eigenvalue weighted by molar-refractivity contribution is -0.132. The Bertz CT molecular complexity index is 566. The minimum Gasteiger partial charge on any atom is -0.378 e. The predicted octanol–water partition coefficient (Wildman–Crippen LogP) is 2.24. The molecule has 23 heavy (non-hydrogen) atoms. The molecule has 1 aliphatic carbocycles. The van der Waals surface area contributed by atoms with E-state index in [1.165, 1.54) is 16.2 Å². The van der Waals surface area contributed by atoms with Crippen LogP contribution in [0.15, 0.2) is 16.8 Å². The van der Waals surface area contributed by atoms with E-state index in [4.69, 9.17) is 4.74 Å². The Labute approximate surface area is 141 Å². The molecule has 1 aliphatic heterocycles. The van der Waals surface area contributed by atoms with E-state index in [-0.39, 0.29) is 23.8 Å². The third kappa shape index (κ3) is 3.43. The molecule has 126 valence electrons. The van der Waals surface area contributed by atoms with Gasteiger partial charge in [-0.25, -0.2) is 0 Å². The second-order valence-electron chi connectivity index (χ2n) is 6.72. The zero-order chi connectivity index (χ0) is 16.4. The van der Waals surface area contributed by atoms with Gasteiger partial charge in [-0.3, -0.25) is 9.59 Å². The second kappa shape index (κ2) is 6.61. The van der Waals surface area contributed by atoms with Crippen LogP contribution in [0.3, 0.4) is 0 Å². The van der Waals surface area contributed by atoms with Gasteiger partial charge < -0.3 is 14.5 Å². The van der Waals surface area contributed by atoms with Crippen LogP contribution in [0.4, 0.5) is 0 Å².